The van der Waals surface area contributed by atoms with Gasteiger partial charge in [0.15, 0.2) is 6.61 Å². The number of likely N-dealkylation sites (N-methyl/N-ethyl adjacent to an activating group) is 1. The van der Waals surface area contributed by atoms with E-state index >= 15 is 0 Å². The summed E-state index contributed by atoms with van der Waals surface area (Å²) in [6.45, 7) is 7.38. The fraction of sp³-hybridized carbons (Fsp3) is 0.533. The third-order valence-corrected chi connectivity index (χ3v) is 3.34. The molecule has 0 atom stereocenters. The molecule has 4 heteroatoms. The van der Waals surface area contributed by atoms with Gasteiger partial charge in [-0.3, -0.25) is 4.79 Å². The molecule has 1 rings (SSSR count). The predicted molar refractivity (Wildman–Crippen MR) is 77.5 cm³/mol. The Labute approximate surface area is 115 Å². The van der Waals surface area contributed by atoms with Crippen LogP contribution in [0.15, 0.2) is 12.1 Å². The molecular formula is C15H24N2O2. The average molecular weight is 264 g/mol. The summed E-state index contributed by atoms with van der Waals surface area (Å²) >= 11 is 0. The fourth-order valence-electron chi connectivity index (χ4n) is 1.84. The predicted octanol–water partition coefficient (Wildman–Crippen LogP) is 1.80. The zero-order valence-electron chi connectivity index (χ0n) is 12.3. The van der Waals surface area contributed by atoms with Gasteiger partial charge >= 0.3 is 0 Å². The Morgan fingerprint density at radius 3 is 2.53 bits per heavy atom. The first kappa shape index (κ1) is 15.5. The Morgan fingerprint density at radius 2 is 1.89 bits per heavy atom. The molecule has 0 heterocycles. The number of carbonyl (C=O) groups is 1. The van der Waals surface area contributed by atoms with Gasteiger partial charge in [-0.25, -0.2) is 0 Å². The van der Waals surface area contributed by atoms with E-state index < -0.39 is 0 Å². The zero-order chi connectivity index (χ0) is 14.4. The average Bonchev–Trinajstić information content (AvgIpc) is 2.40. The van der Waals surface area contributed by atoms with E-state index in [0.29, 0.717) is 13.1 Å². The minimum absolute atomic E-state index is 0.0197. The van der Waals surface area contributed by atoms with Gasteiger partial charge in [-0.1, -0.05) is 12.1 Å². The van der Waals surface area contributed by atoms with Gasteiger partial charge in [0.05, 0.1) is 0 Å². The van der Waals surface area contributed by atoms with Crippen molar-refractivity contribution < 1.29 is 9.53 Å². The molecule has 1 aromatic carbocycles. The molecule has 0 radical (unpaired) electrons. The van der Waals surface area contributed by atoms with E-state index in [0.717, 1.165) is 23.3 Å². The molecule has 2 N–H and O–H groups in total. The smallest absolute Gasteiger partial charge is 0.260 e. The first-order valence-corrected chi connectivity index (χ1v) is 6.61. The summed E-state index contributed by atoms with van der Waals surface area (Å²) < 4.78 is 5.69. The second-order valence-electron chi connectivity index (χ2n) is 4.90. The Balaban J connectivity index is 2.62. The van der Waals surface area contributed by atoms with Crippen LogP contribution in [0, 0.1) is 20.8 Å². The van der Waals surface area contributed by atoms with Crippen LogP contribution >= 0.6 is 0 Å². The molecule has 0 spiro atoms. The number of aryl methyl sites for hydroxylation is 2. The number of hydrogen-bond acceptors (Lipinski definition) is 3. The van der Waals surface area contributed by atoms with Gasteiger partial charge in [-0.05, 0) is 50.4 Å². The maximum Gasteiger partial charge on any atom is 0.260 e. The highest BCUT2D eigenvalue weighted by Crippen LogP contribution is 2.25. The quantitative estimate of drug-likeness (QED) is 0.852. The summed E-state index contributed by atoms with van der Waals surface area (Å²) in [6, 6.07) is 4.08. The Kier molecular flexibility index (Phi) is 5.83. The van der Waals surface area contributed by atoms with E-state index in [-0.39, 0.29) is 12.5 Å². The van der Waals surface area contributed by atoms with Gasteiger partial charge in [0.25, 0.3) is 5.91 Å². The molecule has 1 aromatic rings. The summed E-state index contributed by atoms with van der Waals surface area (Å²) in [5.41, 5.74) is 8.75. The molecule has 106 valence electrons. The standard InChI is InChI=1S/C15H24N2O2/c1-11-6-7-12(2)15(13(11)3)19-10-14(18)17(4)9-5-8-16/h6-7H,5,8-10,16H2,1-4H3. The van der Waals surface area contributed by atoms with Crippen LogP contribution in [0.1, 0.15) is 23.1 Å². The van der Waals surface area contributed by atoms with Crippen molar-refractivity contribution in [2.75, 3.05) is 26.7 Å². The van der Waals surface area contributed by atoms with E-state index in [1.165, 1.54) is 5.56 Å². The highest BCUT2D eigenvalue weighted by molar-refractivity contribution is 5.77. The lowest BCUT2D eigenvalue weighted by Gasteiger charge is -2.18. The summed E-state index contributed by atoms with van der Waals surface area (Å²) in [5, 5.41) is 0. The SMILES string of the molecule is Cc1ccc(C)c(OCC(=O)N(C)CCCN)c1C. The molecule has 0 aliphatic heterocycles. The Morgan fingerprint density at radius 1 is 1.26 bits per heavy atom. The van der Waals surface area contributed by atoms with Crippen LogP contribution in [-0.2, 0) is 4.79 Å². The van der Waals surface area contributed by atoms with Crippen molar-refractivity contribution >= 4 is 5.91 Å². The van der Waals surface area contributed by atoms with Crippen LogP contribution in [0.2, 0.25) is 0 Å². The first-order valence-electron chi connectivity index (χ1n) is 6.61. The maximum atomic E-state index is 11.9. The number of benzene rings is 1. The van der Waals surface area contributed by atoms with Gasteiger partial charge in [-0.2, -0.15) is 0 Å². The van der Waals surface area contributed by atoms with Crippen molar-refractivity contribution in [3.05, 3.63) is 28.8 Å². The molecule has 0 aliphatic rings. The summed E-state index contributed by atoms with van der Waals surface area (Å²) in [4.78, 5) is 13.5. The minimum atomic E-state index is -0.0197. The Bertz CT molecular complexity index is 444. The van der Waals surface area contributed by atoms with Crippen molar-refractivity contribution in [3.63, 3.8) is 0 Å². The van der Waals surface area contributed by atoms with Crippen molar-refractivity contribution in [3.8, 4) is 5.75 Å². The lowest BCUT2D eigenvalue weighted by molar-refractivity contribution is -0.132. The third kappa shape index (κ3) is 4.24. The van der Waals surface area contributed by atoms with E-state index in [1.807, 2.05) is 26.8 Å². The second-order valence-corrected chi connectivity index (χ2v) is 4.90. The maximum absolute atomic E-state index is 11.9. The van der Waals surface area contributed by atoms with Crippen molar-refractivity contribution in [1.29, 1.82) is 0 Å². The van der Waals surface area contributed by atoms with Crippen molar-refractivity contribution in [2.45, 2.75) is 27.2 Å². The molecule has 0 saturated heterocycles. The van der Waals surface area contributed by atoms with Crippen LogP contribution in [-0.4, -0.2) is 37.6 Å². The van der Waals surface area contributed by atoms with Crippen LogP contribution in [0.25, 0.3) is 0 Å². The summed E-state index contributed by atoms with van der Waals surface area (Å²) in [5.74, 6) is 0.800. The van der Waals surface area contributed by atoms with E-state index in [4.69, 9.17) is 10.5 Å². The number of hydrogen-bond donors (Lipinski definition) is 1. The van der Waals surface area contributed by atoms with Gasteiger partial charge in [0.1, 0.15) is 5.75 Å². The fourth-order valence-corrected chi connectivity index (χ4v) is 1.84. The number of amides is 1. The van der Waals surface area contributed by atoms with Crippen LogP contribution in [0.5, 0.6) is 5.75 Å². The molecule has 0 unspecified atom stereocenters. The first-order chi connectivity index (χ1) is 8.97. The minimum Gasteiger partial charge on any atom is -0.483 e. The second kappa shape index (κ2) is 7.14. The van der Waals surface area contributed by atoms with Crippen LogP contribution in [0.3, 0.4) is 0 Å². The molecule has 19 heavy (non-hydrogen) atoms. The molecule has 0 aliphatic carbocycles. The van der Waals surface area contributed by atoms with Gasteiger partial charge < -0.3 is 15.4 Å². The van der Waals surface area contributed by atoms with Gasteiger partial charge in [-0.15, -0.1) is 0 Å². The van der Waals surface area contributed by atoms with E-state index in [1.54, 1.807) is 11.9 Å². The van der Waals surface area contributed by atoms with Crippen LogP contribution < -0.4 is 10.5 Å². The topological polar surface area (TPSA) is 55.6 Å². The van der Waals surface area contributed by atoms with E-state index in [2.05, 4.69) is 6.07 Å². The number of rotatable bonds is 6. The summed E-state index contributed by atoms with van der Waals surface area (Å²) in [7, 11) is 1.78. The number of nitrogens with zero attached hydrogens (tertiary/aromatic N) is 1. The van der Waals surface area contributed by atoms with Crippen LogP contribution in [0.4, 0.5) is 0 Å². The largest absolute Gasteiger partial charge is 0.483 e. The zero-order valence-corrected chi connectivity index (χ0v) is 12.3. The monoisotopic (exact) mass is 264 g/mol. The molecular weight excluding hydrogens is 240 g/mol. The number of ether oxygens (including phenoxy) is 1. The number of carbonyl (C=O) groups excluding carboxylic acids is 1. The van der Waals surface area contributed by atoms with Gasteiger partial charge in [0, 0.05) is 13.6 Å². The molecule has 4 nitrogen and oxygen atoms in total. The highest BCUT2D eigenvalue weighted by Gasteiger charge is 2.12. The molecule has 0 bridgehead atoms. The normalized spacial score (nSPS) is 10.4. The highest BCUT2D eigenvalue weighted by atomic mass is 16.5. The molecule has 0 fully saturated rings. The van der Waals surface area contributed by atoms with Crippen molar-refractivity contribution in [1.82, 2.24) is 4.90 Å². The van der Waals surface area contributed by atoms with Gasteiger partial charge in [0.2, 0.25) is 0 Å². The summed E-state index contributed by atoms with van der Waals surface area (Å²) in [6.07, 6.45) is 0.810. The molecule has 0 saturated carbocycles. The van der Waals surface area contributed by atoms with Crippen molar-refractivity contribution in [2.24, 2.45) is 5.73 Å². The third-order valence-electron chi connectivity index (χ3n) is 3.34. The molecule has 0 aromatic heterocycles. The lowest BCUT2D eigenvalue weighted by Crippen LogP contribution is -2.33. The lowest BCUT2D eigenvalue weighted by atomic mass is 10.1. The Hall–Kier alpha value is -1.55. The molecule has 1 amide bonds. The number of nitrogens with two attached hydrogens (primary N) is 1. The van der Waals surface area contributed by atoms with E-state index in [9.17, 15) is 4.79 Å².